The largest absolute Gasteiger partial charge is 0.475 e. The standard InChI is InChI=1S/C13H18N2O5/c1-2-7-14-11(16)5-6-12(17)15-8-9-3-4-10(20-9)13(18)19/h3-4H,2,5-8H2,1H3,(H,14,16)(H,15,17)(H,18,19). The van der Waals surface area contributed by atoms with Gasteiger partial charge in [0, 0.05) is 19.4 Å². The molecule has 2 amide bonds. The highest BCUT2D eigenvalue weighted by Gasteiger charge is 2.10. The number of carboxylic acids is 1. The van der Waals surface area contributed by atoms with Crippen LogP contribution in [-0.4, -0.2) is 29.4 Å². The monoisotopic (exact) mass is 282 g/mol. The third-order valence-corrected chi connectivity index (χ3v) is 2.48. The molecule has 0 aliphatic carbocycles. The summed E-state index contributed by atoms with van der Waals surface area (Å²) in [7, 11) is 0. The number of hydrogen-bond acceptors (Lipinski definition) is 4. The Hall–Kier alpha value is -2.31. The van der Waals surface area contributed by atoms with E-state index in [1.54, 1.807) is 0 Å². The summed E-state index contributed by atoms with van der Waals surface area (Å²) in [4.78, 5) is 33.4. The van der Waals surface area contributed by atoms with Gasteiger partial charge in [-0.05, 0) is 18.6 Å². The van der Waals surface area contributed by atoms with Gasteiger partial charge in [-0.1, -0.05) is 6.92 Å². The normalized spacial score (nSPS) is 10.1. The van der Waals surface area contributed by atoms with Crippen LogP contribution in [0.3, 0.4) is 0 Å². The average Bonchev–Trinajstić information content (AvgIpc) is 2.89. The molecule has 7 nitrogen and oxygen atoms in total. The minimum atomic E-state index is -1.16. The van der Waals surface area contributed by atoms with E-state index in [1.807, 2.05) is 6.92 Å². The van der Waals surface area contributed by atoms with Crippen LogP contribution >= 0.6 is 0 Å². The molecule has 3 N–H and O–H groups in total. The molecule has 0 aliphatic rings. The lowest BCUT2D eigenvalue weighted by atomic mass is 10.2. The number of carbonyl (C=O) groups excluding carboxylic acids is 2. The van der Waals surface area contributed by atoms with Crippen LogP contribution in [0.1, 0.15) is 42.5 Å². The Morgan fingerprint density at radius 1 is 1.15 bits per heavy atom. The Labute approximate surface area is 116 Å². The van der Waals surface area contributed by atoms with Crippen LogP contribution in [-0.2, 0) is 16.1 Å². The van der Waals surface area contributed by atoms with Crippen molar-refractivity contribution in [2.45, 2.75) is 32.7 Å². The lowest BCUT2D eigenvalue weighted by Gasteiger charge is -2.04. The van der Waals surface area contributed by atoms with Gasteiger partial charge >= 0.3 is 5.97 Å². The van der Waals surface area contributed by atoms with Gasteiger partial charge in [-0.25, -0.2) is 4.79 Å². The van der Waals surface area contributed by atoms with E-state index >= 15 is 0 Å². The van der Waals surface area contributed by atoms with Gasteiger partial charge in [0.25, 0.3) is 0 Å². The molecule has 0 saturated carbocycles. The lowest BCUT2D eigenvalue weighted by molar-refractivity contribution is -0.126. The smallest absolute Gasteiger partial charge is 0.371 e. The fourth-order valence-corrected chi connectivity index (χ4v) is 1.44. The van der Waals surface area contributed by atoms with E-state index in [2.05, 4.69) is 10.6 Å². The maximum absolute atomic E-state index is 11.5. The summed E-state index contributed by atoms with van der Waals surface area (Å²) < 4.78 is 4.98. The summed E-state index contributed by atoms with van der Waals surface area (Å²) in [6.07, 6.45) is 1.06. The van der Waals surface area contributed by atoms with Crippen LogP contribution < -0.4 is 10.6 Å². The molecule has 0 aromatic carbocycles. The molecular formula is C13H18N2O5. The predicted octanol–water partition coefficient (Wildman–Crippen LogP) is 0.900. The van der Waals surface area contributed by atoms with Crippen molar-refractivity contribution in [3.8, 4) is 0 Å². The van der Waals surface area contributed by atoms with Gasteiger partial charge in [-0.2, -0.15) is 0 Å². The van der Waals surface area contributed by atoms with E-state index < -0.39 is 5.97 Å². The molecule has 1 aromatic heterocycles. The summed E-state index contributed by atoms with van der Waals surface area (Å²) in [6, 6.07) is 2.81. The molecule has 0 atom stereocenters. The third-order valence-electron chi connectivity index (χ3n) is 2.48. The van der Waals surface area contributed by atoms with Crippen molar-refractivity contribution in [1.82, 2.24) is 10.6 Å². The number of carbonyl (C=O) groups is 3. The second kappa shape index (κ2) is 7.98. The Kier molecular flexibility index (Phi) is 6.28. The first kappa shape index (κ1) is 15.7. The van der Waals surface area contributed by atoms with Crippen LogP contribution in [0.25, 0.3) is 0 Å². The van der Waals surface area contributed by atoms with Gasteiger partial charge in [0.05, 0.1) is 6.54 Å². The minimum Gasteiger partial charge on any atom is -0.475 e. The number of furan rings is 1. The fraction of sp³-hybridized carbons (Fsp3) is 0.462. The second-order valence-corrected chi connectivity index (χ2v) is 4.20. The molecule has 1 heterocycles. The summed E-state index contributed by atoms with van der Waals surface area (Å²) in [6.45, 7) is 2.65. The van der Waals surface area contributed by atoms with E-state index in [-0.39, 0.29) is 37.0 Å². The van der Waals surface area contributed by atoms with E-state index in [4.69, 9.17) is 9.52 Å². The van der Waals surface area contributed by atoms with Crippen molar-refractivity contribution in [2.24, 2.45) is 0 Å². The quantitative estimate of drug-likeness (QED) is 0.656. The van der Waals surface area contributed by atoms with Crippen molar-refractivity contribution in [1.29, 1.82) is 0 Å². The van der Waals surface area contributed by atoms with Gasteiger partial charge < -0.3 is 20.2 Å². The summed E-state index contributed by atoms with van der Waals surface area (Å²) in [5.41, 5.74) is 0. The Morgan fingerprint density at radius 3 is 2.35 bits per heavy atom. The molecular weight excluding hydrogens is 264 g/mol. The molecule has 1 rings (SSSR count). The molecule has 0 radical (unpaired) electrons. The van der Waals surface area contributed by atoms with Gasteiger partial charge in [0.15, 0.2) is 0 Å². The lowest BCUT2D eigenvalue weighted by Crippen LogP contribution is -2.27. The van der Waals surface area contributed by atoms with Crippen molar-refractivity contribution in [3.05, 3.63) is 23.7 Å². The van der Waals surface area contributed by atoms with Gasteiger partial charge in [-0.15, -0.1) is 0 Å². The highest BCUT2D eigenvalue weighted by atomic mass is 16.4. The van der Waals surface area contributed by atoms with Crippen LogP contribution in [0, 0.1) is 0 Å². The van der Waals surface area contributed by atoms with Crippen molar-refractivity contribution < 1.29 is 23.9 Å². The number of aromatic carboxylic acids is 1. The van der Waals surface area contributed by atoms with Crippen LogP contribution in [0.2, 0.25) is 0 Å². The van der Waals surface area contributed by atoms with Crippen molar-refractivity contribution >= 4 is 17.8 Å². The Balaban J connectivity index is 2.25. The zero-order valence-corrected chi connectivity index (χ0v) is 11.3. The number of rotatable bonds is 8. The van der Waals surface area contributed by atoms with Crippen molar-refractivity contribution in [3.63, 3.8) is 0 Å². The van der Waals surface area contributed by atoms with Crippen LogP contribution in [0.4, 0.5) is 0 Å². The molecule has 0 fully saturated rings. The Bertz CT molecular complexity index is 481. The number of amides is 2. The second-order valence-electron chi connectivity index (χ2n) is 4.20. The van der Waals surface area contributed by atoms with Gasteiger partial charge in [0.2, 0.25) is 17.6 Å². The maximum atomic E-state index is 11.5. The molecule has 0 spiro atoms. The van der Waals surface area contributed by atoms with Crippen molar-refractivity contribution in [2.75, 3.05) is 6.54 Å². The summed E-state index contributed by atoms with van der Waals surface area (Å²) in [5, 5.41) is 13.9. The first-order valence-corrected chi connectivity index (χ1v) is 6.38. The molecule has 0 aliphatic heterocycles. The summed E-state index contributed by atoms with van der Waals surface area (Å²) >= 11 is 0. The summed E-state index contributed by atoms with van der Waals surface area (Å²) in [5.74, 6) is -1.42. The van der Waals surface area contributed by atoms with Crippen LogP contribution in [0.5, 0.6) is 0 Å². The highest BCUT2D eigenvalue weighted by Crippen LogP contribution is 2.07. The Morgan fingerprint density at radius 2 is 1.80 bits per heavy atom. The maximum Gasteiger partial charge on any atom is 0.371 e. The molecule has 0 saturated heterocycles. The molecule has 0 bridgehead atoms. The molecule has 1 aromatic rings. The van der Waals surface area contributed by atoms with E-state index in [1.165, 1.54) is 12.1 Å². The zero-order valence-electron chi connectivity index (χ0n) is 11.3. The fourth-order valence-electron chi connectivity index (χ4n) is 1.44. The number of carboxylic acid groups (broad SMARTS) is 1. The number of hydrogen-bond donors (Lipinski definition) is 3. The third kappa shape index (κ3) is 5.55. The minimum absolute atomic E-state index is 0.0854. The first-order valence-electron chi connectivity index (χ1n) is 6.38. The topological polar surface area (TPSA) is 109 Å². The van der Waals surface area contributed by atoms with E-state index in [0.29, 0.717) is 12.3 Å². The predicted molar refractivity (Wildman–Crippen MR) is 70.0 cm³/mol. The van der Waals surface area contributed by atoms with E-state index in [0.717, 1.165) is 6.42 Å². The first-order chi connectivity index (χ1) is 9.52. The molecule has 7 heteroatoms. The SMILES string of the molecule is CCCNC(=O)CCC(=O)NCc1ccc(C(=O)O)o1. The van der Waals surface area contributed by atoms with Gasteiger partial charge in [-0.3, -0.25) is 9.59 Å². The number of nitrogens with one attached hydrogen (secondary N) is 2. The molecule has 20 heavy (non-hydrogen) atoms. The van der Waals surface area contributed by atoms with Gasteiger partial charge in [0.1, 0.15) is 5.76 Å². The van der Waals surface area contributed by atoms with Crippen LogP contribution in [0.15, 0.2) is 16.5 Å². The average molecular weight is 282 g/mol. The molecule has 0 unspecified atom stereocenters. The molecule has 110 valence electrons. The highest BCUT2D eigenvalue weighted by molar-refractivity contribution is 5.84. The van der Waals surface area contributed by atoms with E-state index in [9.17, 15) is 14.4 Å². The zero-order chi connectivity index (χ0) is 15.0.